The van der Waals surface area contributed by atoms with Crippen LogP contribution >= 0.6 is 0 Å². The van der Waals surface area contributed by atoms with Crippen LogP contribution in [0.15, 0.2) is 170 Å². The Balaban J connectivity index is 1.33. The first-order chi connectivity index (χ1) is 28.3. The van der Waals surface area contributed by atoms with Crippen molar-refractivity contribution in [2.75, 3.05) is 0 Å². The molecule has 2 nitrogen and oxygen atoms in total. The Morgan fingerprint density at radius 3 is 0.931 bits per heavy atom. The second-order valence-corrected chi connectivity index (χ2v) is 17.7. The molecule has 2 aromatic heterocycles. The van der Waals surface area contributed by atoms with Gasteiger partial charge in [-0.3, -0.25) is 0 Å². The normalized spacial score (nSPS) is 14.8. The van der Waals surface area contributed by atoms with E-state index < -0.39 is 0 Å². The third-order valence-corrected chi connectivity index (χ3v) is 14.1. The smallest absolute Gasteiger partial charge is 0.0620 e. The van der Waals surface area contributed by atoms with Crippen molar-refractivity contribution in [3.05, 3.63) is 192 Å². The Morgan fingerprint density at radius 1 is 0.276 bits per heavy atom. The minimum Gasteiger partial charge on any atom is -0.308 e. The third-order valence-electron chi connectivity index (χ3n) is 14.1. The average molecular weight is 741 g/mol. The molecule has 0 radical (unpaired) electrons. The number of nitrogens with zero attached hydrogens (tertiary/aromatic N) is 2. The van der Waals surface area contributed by atoms with Gasteiger partial charge in [0.15, 0.2) is 0 Å². The predicted molar refractivity (Wildman–Crippen MR) is 245 cm³/mol. The maximum Gasteiger partial charge on any atom is 0.0620 e. The van der Waals surface area contributed by atoms with Gasteiger partial charge in [-0.25, -0.2) is 0 Å². The topological polar surface area (TPSA) is 9.86 Å². The van der Waals surface area contributed by atoms with E-state index in [0.29, 0.717) is 0 Å². The molecule has 0 bridgehead atoms. The quantitative estimate of drug-likeness (QED) is 0.156. The van der Waals surface area contributed by atoms with Crippen LogP contribution in [0.4, 0.5) is 0 Å². The zero-order chi connectivity index (χ0) is 38.7. The standard InChI is InChI=1S/C56H40N2/c1-55(2)45-23-11-5-17-33(45)39-29-41-43(31-47(39)55)54(58-51-27-15-9-21-37(51)38-22-10-16-28-52(38)58)44-32-48-40(34-18-6-12-24-46(34)56(48,3)4)30-42(44)53(41)57-49-25-13-7-19-35(49)36-20-8-14-26-50(36)57/h5-32H,1-4H3. The maximum atomic E-state index is 2.59. The maximum absolute atomic E-state index is 2.59. The van der Waals surface area contributed by atoms with Crippen molar-refractivity contribution in [3.63, 3.8) is 0 Å². The lowest BCUT2D eigenvalue weighted by atomic mass is 9.80. The van der Waals surface area contributed by atoms with Crippen molar-refractivity contribution in [3.8, 4) is 33.6 Å². The van der Waals surface area contributed by atoms with E-state index in [-0.39, 0.29) is 10.8 Å². The highest BCUT2D eigenvalue weighted by Crippen LogP contribution is 2.56. The number of hydrogen-bond acceptors (Lipinski definition) is 0. The molecule has 2 aliphatic carbocycles. The van der Waals surface area contributed by atoms with Gasteiger partial charge in [0.1, 0.15) is 0 Å². The van der Waals surface area contributed by atoms with Crippen LogP contribution in [0.3, 0.4) is 0 Å². The molecule has 2 heteroatoms. The van der Waals surface area contributed by atoms with Gasteiger partial charge in [0.05, 0.1) is 33.4 Å². The lowest BCUT2D eigenvalue weighted by molar-refractivity contribution is 0.661. The third kappa shape index (κ3) is 3.88. The van der Waals surface area contributed by atoms with Crippen molar-refractivity contribution in [1.29, 1.82) is 0 Å². The number of rotatable bonds is 2. The molecule has 0 atom stereocenters. The zero-order valence-corrected chi connectivity index (χ0v) is 33.1. The van der Waals surface area contributed by atoms with Gasteiger partial charge >= 0.3 is 0 Å². The van der Waals surface area contributed by atoms with Crippen molar-refractivity contribution >= 4 is 65.2 Å². The molecular weight excluding hydrogens is 701 g/mol. The summed E-state index contributed by atoms with van der Waals surface area (Å²) in [6, 6.07) is 64.3. The summed E-state index contributed by atoms with van der Waals surface area (Å²) in [5.41, 5.74) is 17.9. The monoisotopic (exact) mass is 740 g/mol. The lowest BCUT2D eigenvalue weighted by Gasteiger charge is -2.26. The molecule has 0 amide bonds. The number of fused-ring (bicyclic) bond motifs is 14. The summed E-state index contributed by atoms with van der Waals surface area (Å²) < 4.78 is 5.18. The van der Waals surface area contributed by atoms with Crippen molar-refractivity contribution < 1.29 is 0 Å². The fourth-order valence-electron chi connectivity index (χ4n) is 11.4. The van der Waals surface area contributed by atoms with E-state index in [4.69, 9.17) is 0 Å². The highest BCUT2D eigenvalue weighted by Gasteiger charge is 2.39. The highest BCUT2D eigenvalue weighted by atomic mass is 15.0. The molecule has 0 aliphatic heterocycles. The summed E-state index contributed by atoms with van der Waals surface area (Å²) in [7, 11) is 0. The predicted octanol–water partition coefficient (Wildman–Crippen LogP) is 14.8. The van der Waals surface area contributed by atoms with Gasteiger partial charge in [0, 0.05) is 53.9 Å². The highest BCUT2D eigenvalue weighted by molar-refractivity contribution is 6.22. The van der Waals surface area contributed by atoms with Crippen LogP contribution in [0.2, 0.25) is 0 Å². The Morgan fingerprint density at radius 2 is 0.569 bits per heavy atom. The minimum atomic E-state index is -0.165. The van der Waals surface area contributed by atoms with E-state index in [1.165, 1.54) is 121 Å². The zero-order valence-electron chi connectivity index (χ0n) is 33.1. The largest absolute Gasteiger partial charge is 0.308 e. The van der Waals surface area contributed by atoms with E-state index in [1.54, 1.807) is 0 Å². The Kier molecular flexibility index (Phi) is 6.07. The number of benzene rings is 9. The molecule has 0 spiro atoms. The number of aromatic nitrogens is 2. The van der Waals surface area contributed by atoms with Gasteiger partial charge in [-0.05, 0) is 93.0 Å². The van der Waals surface area contributed by atoms with Gasteiger partial charge in [-0.15, -0.1) is 0 Å². The number of hydrogen-bond donors (Lipinski definition) is 0. The molecule has 2 aliphatic rings. The molecular formula is C56H40N2. The first-order valence-electron chi connectivity index (χ1n) is 20.6. The van der Waals surface area contributed by atoms with Crippen LogP contribution in [0.25, 0.3) is 98.8 Å². The fraction of sp³-hybridized carbons (Fsp3) is 0.107. The molecule has 0 fully saturated rings. The van der Waals surface area contributed by atoms with E-state index in [9.17, 15) is 0 Å². The summed E-state index contributed by atoms with van der Waals surface area (Å²) >= 11 is 0. The molecule has 274 valence electrons. The van der Waals surface area contributed by atoms with Crippen LogP contribution in [0.1, 0.15) is 49.9 Å². The molecule has 0 saturated heterocycles. The SMILES string of the molecule is CC1(C)c2ccccc2-c2cc3c(-n4c5ccccc5c5ccccc54)c4cc5c(cc4c(-n4c6ccccc6c6ccccc64)c3cc21)C(C)(C)c1ccccc1-5. The van der Waals surface area contributed by atoms with Crippen LogP contribution in [0.5, 0.6) is 0 Å². The summed E-state index contributed by atoms with van der Waals surface area (Å²) in [4.78, 5) is 0. The van der Waals surface area contributed by atoms with E-state index in [0.717, 1.165) is 0 Å². The summed E-state index contributed by atoms with van der Waals surface area (Å²) in [6.07, 6.45) is 0. The van der Waals surface area contributed by atoms with Crippen LogP contribution in [-0.4, -0.2) is 9.13 Å². The summed E-state index contributed by atoms with van der Waals surface area (Å²) in [6.45, 7) is 9.63. The van der Waals surface area contributed by atoms with E-state index in [2.05, 4.69) is 207 Å². The van der Waals surface area contributed by atoms with E-state index in [1.807, 2.05) is 0 Å². The van der Waals surface area contributed by atoms with Gasteiger partial charge < -0.3 is 9.13 Å². The van der Waals surface area contributed by atoms with Crippen LogP contribution in [0, 0.1) is 0 Å². The average Bonchev–Trinajstić information content (AvgIpc) is 3.91. The van der Waals surface area contributed by atoms with E-state index >= 15 is 0 Å². The molecule has 13 rings (SSSR count). The molecule has 0 unspecified atom stereocenters. The van der Waals surface area contributed by atoms with Crippen molar-refractivity contribution in [2.45, 2.75) is 38.5 Å². The van der Waals surface area contributed by atoms with Crippen LogP contribution in [-0.2, 0) is 10.8 Å². The molecule has 0 saturated carbocycles. The lowest BCUT2D eigenvalue weighted by Crippen LogP contribution is -2.15. The second-order valence-electron chi connectivity index (χ2n) is 17.7. The van der Waals surface area contributed by atoms with Crippen molar-refractivity contribution in [1.82, 2.24) is 9.13 Å². The van der Waals surface area contributed by atoms with Crippen LogP contribution < -0.4 is 0 Å². The van der Waals surface area contributed by atoms with Gasteiger partial charge in [0.2, 0.25) is 0 Å². The Hall–Kier alpha value is -6.90. The molecule has 0 N–H and O–H groups in total. The van der Waals surface area contributed by atoms with Crippen molar-refractivity contribution in [2.24, 2.45) is 0 Å². The molecule has 11 aromatic rings. The first kappa shape index (κ1) is 32.2. The van der Waals surface area contributed by atoms with Gasteiger partial charge in [-0.1, -0.05) is 149 Å². The first-order valence-corrected chi connectivity index (χ1v) is 20.6. The molecule has 9 aromatic carbocycles. The Labute approximate surface area is 337 Å². The minimum absolute atomic E-state index is 0.165. The molecule has 2 heterocycles. The fourth-order valence-corrected chi connectivity index (χ4v) is 11.4. The molecule has 58 heavy (non-hydrogen) atoms. The number of para-hydroxylation sites is 4. The summed E-state index contributed by atoms with van der Waals surface area (Å²) in [5.74, 6) is 0. The second kappa shape index (κ2) is 10.9. The van der Waals surface area contributed by atoms with Gasteiger partial charge in [0.25, 0.3) is 0 Å². The van der Waals surface area contributed by atoms with Gasteiger partial charge in [-0.2, -0.15) is 0 Å². The summed E-state index contributed by atoms with van der Waals surface area (Å²) in [5, 5.41) is 10.1. The Bertz CT molecular complexity index is 3390.